The standard InChI is InChI=1S/C19H18N4O2S/c24-19(23-10-2-6-17(23)14-7-11-26-13-14)22-15-4-1-5-16(12-15)25-18-20-8-3-9-21-18/h1,3-5,7-9,11-13,17H,2,6,10H2,(H,22,24)/t17-/m0/s1. The van der Waals surface area contributed by atoms with Crippen molar-refractivity contribution in [1.82, 2.24) is 14.9 Å². The normalized spacial score (nSPS) is 16.5. The number of benzene rings is 1. The van der Waals surface area contributed by atoms with Crippen LogP contribution in [-0.4, -0.2) is 27.4 Å². The second-order valence-corrected chi connectivity index (χ2v) is 6.78. The summed E-state index contributed by atoms with van der Waals surface area (Å²) in [6, 6.07) is 11.4. The molecule has 0 aliphatic carbocycles. The summed E-state index contributed by atoms with van der Waals surface area (Å²) in [5.74, 6) is 0.574. The number of nitrogens with zero attached hydrogens (tertiary/aromatic N) is 3. The van der Waals surface area contributed by atoms with Gasteiger partial charge in [-0.15, -0.1) is 0 Å². The van der Waals surface area contributed by atoms with Crippen molar-refractivity contribution in [2.45, 2.75) is 18.9 Å². The number of rotatable bonds is 4. The quantitative estimate of drug-likeness (QED) is 0.727. The Balaban J connectivity index is 1.45. The van der Waals surface area contributed by atoms with E-state index in [1.807, 2.05) is 17.0 Å². The van der Waals surface area contributed by atoms with Gasteiger partial charge < -0.3 is 15.0 Å². The van der Waals surface area contributed by atoms with E-state index in [2.05, 4.69) is 32.1 Å². The number of hydrogen-bond acceptors (Lipinski definition) is 5. The van der Waals surface area contributed by atoms with Crippen molar-refractivity contribution < 1.29 is 9.53 Å². The molecular weight excluding hydrogens is 348 g/mol. The Bertz CT molecular complexity index is 870. The lowest BCUT2D eigenvalue weighted by molar-refractivity contribution is 0.207. The number of anilines is 1. The Morgan fingerprint density at radius 1 is 1.23 bits per heavy atom. The predicted octanol–water partition coefficient (Wildman–Crippen LogP) is 4.70. The molecular formula is C19H18N4O2S. The second-order valence-electron chi connectivity index (χ2n) is 6.00. The van der Waals surface area contributed by atoms with Gasteiger partial charge in [-0.3, -0.25) is 0 Å². The minimum atomic E-state index is -0.0909. The molecule has 3 aromatic rings. The van der Waals surface area contributed by atoms with Crippen molar-refractivity contribution in [1.29, 1.82) is 0 Å². The summed E-state index contributed by atoms with van der Waals surface area (Å²) in [6.07, 6.45) is 5.25. The molecule has 1 aromatic carbocycles. The summed E-state index contributed by atoms with van der Waals surface area (Å²) < 4.78 is 5.62. The number of amides is 2. The first-order valence-corrected chi connectivity index (χ1v) is 9.38. The molecule has 1 aliphatic rings. The molecule has 0 unspecified atom stereocenters. The van der Waals surface area contributed by atoms with Gasteiger partial charge in [-0.05, 0) is 53.4 Å². The van der Waals surface area contributed by atoms with Gasteiger partial charge >= 0.3 is 12.0 Å². The van der Waals surface area contributed by atoms with E-state index in [9.17, 15) is 4.79 Å². The Morgan fingerprint density at radius 2 is 2.12 bits per heavy atom. The molecule has 1 saturated heterocycles. The summed E-state index contributed by atoms with van der Waals surface area (Å²) in [5, 5.41) is 7.14. The molecule has 0 bridgehead atoms. The lowest BCUT2D eigenvalue weighted by Crippen LogP contribution is -2.34. The maximum absolute atomic E-state index is 12.7. The zero-order valence-electron chi connectivity index (χ0n) is 14.0. The number of urea groups is 1. The maximum atomic E-state index is 12.7. The minimum absolute atomic E-state index is 0.0909. The lowest BCUT2D eigenvalue weighted by Gasteiger charge is -2.24. The predicted molar refractivity (Wildman–Crippen MR) is 101 cm³/mol. The van der Waals surface area contributed by atoms with Gasteiger partial charge in [0.25, 0.3) is 0 Å². The highest BCUT2D eigenvalue weighted by Crippen LogP contribution is 2.33. The molecule has 6 nitrogen and oxygen atoms in total. The van der Waals surface area contributed by atoms with Gasteiger partial charge in [-0.2, -0.15) is 11.3 Å². The van der Waals surface area contributed by atoms with Gasteiger partial charge in [0.1, 0.15) is 5.75 Å². The number of nitrogens with one attached hydrogen (secondary N) is 1. The summed E-state index contributed by atoms with van der Waals surface area (Å²) in [6.45, 7) is 0.764. The third-order valence-corrected chi connectivity index (χ3v) is 4.98. The number of hydrogen-bond donors (Lipinski definition) is 1. The van der Waals surface area contributed by atoms with E-state index in [-0.39, 0.29) is 18.1 Å². The fraction of sp³-hybridized carbons (Fsp3) is 0.211. The molecule has 1 atom stereocenters. The van der Waals surface area contributed by atoms with Crippen LogP contribution in [0.15, 0.2) is 59.6 Å². The van der Waals surface area contributed by atoms with Gasteiger partial charge in [0.2, 0.25) is 0 Å². The van der Waals surface area contributed by atoms with Gasteiger partial charge in [0, 0.05) is 30.7 Å². The molecule has 2 amide bonds. The molecule has 2 aromatic heterocycles. The molecule has 1 fully saturated rings. The molecule has 3 heterocycles. The van der Waals surface area contributed by atoms with Crippen LogP contribution in [0.25, 0.3) is 0 Å². The van der Waals surface area contributed by atoms with E-state index in [4.69, 9.17) is 4.74 Å². The maximum Gasteiger partial charge on any atom is 0.322 e. The van der Waals surface area contributed by atoms with Crippen molar-refractivity contribution in [3.05, 3.63) is 65.1 Å². The Kier molecular flexibility index (Phi) is 4.79. The van der Waals surface area contributed by atoms with Crippen molar-refractivity contribution in [3.8, 4) is 11.8 Å². The van der Waals surface area contributed by atoms with Crippen molar-refractivity contribution in [2.24, 2.45) is 0 Å². The minimum Gasteiger partial charge on any atom is -0.424 e. The third-order valence-electron chi connectivity index (χ3n) is 4.28. The van der Waals surface area contributed by atoms with Crippen LogP contribution in [0.2, 0.25) is 0 Å². The highest BCUT2D eigenvalue weighted by atomic mass is 32.1. The zero-order valence-corrected chi connectivity index (χ0v) is 14.9. The smallest absolute Gasteiger partial charge is 0.322 e. The summed E-state index contributed by atoms with van der Waals surface area (Å²) in [5.41, 5.74) is 1.89. The Morgan fingerprint density at radius 3 is 2.92 bits per heavy atom. The lowest BCUT2D eigenvalue weighted by atomic mass is 10.1. The first-order chi connectivity index (χ1) is 12.8. The van der Waals surface area contributed by atoms with Crippen molar-refractivity contribution in [2.75, 3.05) is 11.9 Å². The van der Waals surface area contributed by atoms with Crippen LogP contribution < -0.4 is 10.1 Å². The first kappa shape index (κ1) is 16.5. The molecule has 1 N–H and O–H groups in total. The molecule has 0 spiro atoms. The summed E-state index contributed by atoms with van der Waals surface area (Å²) in [7, 11) is 0. The second kappa shape index (κ2) is 7.53. The molecule has 132 valence electrons. The van der Waals surface area contributed by atoms with Crippen molar-refractivity contribution >= 4 is 23.1 Å². The van der Waals surface area contributed by atoms with Gasteiger partial charge in [0.05, 0.1) is 6.04 Å². The van der Waals surface area contributed by atoms with Crippen LogP contribution in [0.5, 0.6) is 11.8 Å². The fourth-order valence-corrected chi connectivity index (χ4v) is 3.80. The molecule has 4 rings (SSSR count). The van der Waals surface area contributed by atoms with Crippen LogP contribution in [-0.2, 0) is 0 Å². The summed E-state index contributed by atoms with van der Waals surface area (Å²) >= 11 is 1.66. The molecule has 7 heteroatoms. The van der Waals surface area contributed by atoms with E-state index in [0.717, 1.165) is 19.4 Å². The van der Waals surface area contributed by atoms with E-state index in [1.165, 1.54) is 5.56 Å². The Labute approximate surface area is 155 Å². The number of aromatic nitrogens is 2. The van der Waals surface area contributed by atoms with E-state index in [1.54, 1.807) is 41.9 Å². The largest absolute Gasteiger partial charge is 0.424 e. The number of thiophene rings is 1. The SMILES string of the molecule is O=C(Nc1cccc(Oc2ncccn2)c1)N1CCC[C@H]1c1ccsc1. The third kappa shape index (κ3) is 3.67. The number of carbonyl (C=O) groups is 1. The number of likely N-dealkylation sites (tertiary alicyclic amines) is 1. The topological polar surface area (TPSA) is 67.3 Å². The molecule has 0 radical (unpaired) electrons. The Hall–Kier alpha value is -2.93. The highest BCUT2D eigenvalue weighted by molar-refractivity contribution is 7.08. The molecule has 0 saturated carbocycles. The highest BCUT2D eigenvalue weighted by Gasteiger charge is 2.30. The van der Waals surface area contributed by atoms with Crippen LogP contribution in [0.3, 0.4) is 0 Å². The molecule has 26 heavy (non-hydrogen) atoms. The number of ether oxygens (including phenoxy) is 1. The van der Waals surface area contributed by atoms with Crippen LogP contribution in [0.1, 0.15) is 24.4 Å². The van der Waals surface area contributed by atoms with Crippen LogP contribution in [0, 0.1) is 0 Å². The van der Waals surface area contributed by atoms with Gasteiger partial charge in [-0.1, -0.05) is 6.07 Å². The van der Waals surface area contributed by atoms with E-state index >= 15 is 0 Å². The average Bonchev–Trinajstić information content (AvgIpc) is 3.34. The summed E-state index contributed by atoms with van der Waals surface area (Å²) in [4.78, 5) is 22.7. The molecule has 1 aliphatic heterocycles. The van der Waals surface area contributed by atoms with E-state index in [0.29, 0.717) is 11.4 Å². The van der Waals surface area contributed by atoms with E-state index < -0.39 is 0 Å². The average molecular weight is 366 g/mol. The van der Waals surface area contributed by atoms with Gasteiger partial charge in [0.15, 0.2) is 0 Å². The first-order valence-electron chi connectivity index (χ1n) is 8.44. The van der Waals surface area contributed by atoms with Crippen molar-refractivity contribution in [3.63, 3.8) is 0 Å². The fourth-order valence-electron chi connectivity index (χ4n) is 3.10. The monoisotopic (exact) mass is 366 g/mol. The van der Waals surface area contributed by atoms with Crippen LogP contribution in [0.4, 0.5) is 10.5 Å². The van der Waals surface area contributed by atoms with Crippen LogP contribution >= 0.6 is 11.3 Å². The van der Waals surface area contributed by atoms with Gasteiger partial charge in [-0.25, -0.2) is 14.8 Å². The number of carbonyl (C=O) groups excluding carboxylic acids is 1. The zero-order chi connectivity index (χ0) is 17.8.